The van der Waals surface area contributed by atoms with Gasteiger partial charge in [-0.05, 0) is 31.4 Å². The van der Waals surface area contributed by atoms with Crippen molar-refractivity contribution in [1.29, 1.82) is 0 Å². The third kappa shape index (κ3) is 2.26. The molecule has 19 heavy (non-hydrogen) atoms. The average molecular weight is 264 g/mol. The highest BCUT2D eigenvalue weighted by Gasteiger charge is 2.25. The van der Waals surface area contributed by atoms with E-state index in [1.54, 1.807) is 6.07 Å². The van der Waals surface area contributed by atoms with Gasteiger partial charge in [-0.15, -0.1) is 0 Å². The number of rotatable bonds is 2. The normalized spacial score (nSPS) is 22.9. The van der Waals surface area contributed by atoms with E-state index in [9.17, 15) is 13.9 Å². The second kappa shape index (κ2) is 4.74. The van der Waals surface area contributed by atoms with Crippen molar-refractivity contribution >= 4 is 16.6 Å². The molecule has 2 unspecified atom stereocenters. The van der Waals surface area contributed by atoms with Gasteiger partial charge >= 0.3 is 0 Å². The van der Waals surface area contributed by atoms with Crippen LogP contribution in [0.5, 0.6) is 0 Å². The molecular formula is C14H14F2N2O. The Morgan fingerprint density at radius 1 is 1.26 bits per heavy atom. The van der Waals surface area contributed by atoms with Crippen molar-refractivity contribution in [3.63, 3.8) is 0 Å². The molecule has 1 fully saturated rings. The first-order chi connectivity index (χ1) is 9.15. The molecule has 100 valence electrons. The molecular weight excluding hydrogens is 250 g/mol. The van der Waals surface area contributed by atoms with Crippen LogP contribution in [-0.2, 0) is 0 Å². The van der Waals surface area contributed by atoms with Gasteiger partial charge in [0.05, 0.1) is 12.1 Å². The summed E-state index contributed by atoms with van der Waals surface area (Å²) in [6.45, 7) is 0. The van der Waals surface area contributed by atoms with Gasteiger partial charge in [0.1, 0.15) is 11.3 Å². The summed E-state index contributed by atoms with van der Waals surface area (Å²) in [5, 5.41) is 13.4. The number of hydrogen-bond donors (Lipinski definition) is 2. The average Bonchev–Trinajstić information content (AvgIpc) is 2.76. The molecule has 0 saturated heterocycles. The predicted molar refractivity (Wildman–Crippen MR) is 68.9 cm³/mol. The molecule has 1 heterocycles. The second-order valence-corrected chi connectivity index (χ2v) is 4.89. The number of hydrogen-bond acceptors (Lipinski definition) is 3. The fourth-order valence-electron chi connectivity index (χ4n) is 2.61. The van der Waals surface area contributed by atoms with Gasteiger partial charge in [0.25, 0.3) is 0 Å². The van der Waals surface area contributed by atoms with E-state index >= 15 is 0 Å². The molecule has 2 N–H and O–H groups in total. The number of nitrogens with one attached hydrogen (secondary N) is 1. The fraction of sp³-hybridized carbons (Fsp3) is 0.357. The number of aliphatic hydroxyl groups is 1. The van der Waals surface area contributed by atoms with E-state index in [1.165, 1.54) is 12.3 Å². The van der Waals surface area contributed by atoms with Crippen LogP contribution in [0.1, 0.15) is 19.3 Å². The van der Waals surface area contributed by atoms with Gasteiger partial charge in [0, 0.05) is 23.3 Å². The zero-order valence-electron chi connectivity index (χ0n) is 10.2. The van der Waals surface area contributed by atoms with Crippen LogP contribution in [0.4, 0.5) is 14.5 Å². The van der Waals surface area contributed by atoms with Crippen LogP contribution in [-0.4, -0.2) is 22.2 Å². The van der Waals surface area contributed by atoms with Crippen LogP contribution in [0.15, 0.2) is 24.4 Å². The molecule has 0 amide bonds. The SMILES string of the molecule is OC1CCCC1Nc1ccnc2c(F)cc(F)cc12. The summed E-state index contributed by atoms with van der Waals surface area (Å²) in [5.74, 6) is -1.31. The number of pyridine rings is 1. The Morgan fingerprint density at radius 3 is 2.84 bits per heavy atom. The molecule has 1 aromatic heterocycles. The standard InChI is InChI=1S/C14H14F2N2O/c15-8-6-9-11(18-12-2-1-3-13(12)19)4-5-17-14(9)10(16)7-8/h4-7,12-13,19H,1-3H2,(H,17,18). The van der Waals surface area contributed by atoms with Crippen LogP contribution < -0.4 is 5.32 Å². The monoisotopic (exact) mass is 264 g/mol. The molecule has 0 aliphatic heterocycles. The van der Waals surface area contributed by atoms with Gasteiger partial charge in [0.2, 0.25) is 0 Å². The van der Waals surface area contributed by atoms with Crippen molar-refractivity contribution in [3.05, 3.63) is 36.0 Å². The minimum Gasteiger partial charge on any atom is -0.391 e. The minimum absolute atomic E-state index is 0.0723. The largest absolute Gasteiger partial charge is 0.391 e. The maximum absolute atomic E-state index is 13.6. The highest BCUT2D eigenvalue weighted by molar-refractivity contribution is 5.91. The second-order valence-electron chi connectivity index (χ2n) is 4.89. The Bertz CT molecular complexity index is 618. The first-order valence-corrected chi connectivity index (χ1v) is 6.33. The van der Waals surface area contributed by atoms with Gasteiger partial charge in [-0.25, -0.2) is 8.78 Å². The van der Waals surface area contributed by atoms with E-state index in [-0.39, 0.29) is 11.6 Å². The fourth-order valence-corrected chi connectivity index (χ4v) is 2.61. The van der Waals surface area contributed by atoms with Gasteiger partial charge in [0.15, 0.2) is 5.82 Å². The lowest BCUT2D eigenvalue weighted by Gasteiger charge is -2.19. The van der Waals surface area contributed by atoms with Crippen molar-refractivity contribution in [3.8, 4) is 0 Å². The van der Waals surface area contributed by atoms with Crippen LogP contribution in [0.3, 0.4) is 0 Å². The molecule has 5 heteroatoms. The van der Waals surface area contributed by atoms with Gasteiger partial charge < -0.3 is 10.4 Å². The Kier molecular flexibility index (Phi) is 3.06. The zero-order valence-corrected chi connectivity index (χ0v) is 10.2. The van der Waals surface area contributed by atoms with E-state index in [0.717, 1.165) is 25.3 Å². The molecule has 1 saturated carbocycles. The van der Waals surface area contributed by atoms with Gasteiger partial charge in [-0.2, -0.15) is 0 Å². The van der Waals surface area contributed by atoms with Crippen LogP contribution >= 0.6 is 0 Å². The molecule has 1 aliphatic rings. The summed E-state index contributed by atoms with van der Waals surface area (Å²) in [7, 11) is 0. The third-order valence-electron chi connectivity index (χ3n) is 3.58. The van der Waals surface area contributed by atoms with E-state index in [1.807, 2.05) is 0 Å². The summed E-state index contributed by atoms with van der Waals surface area (Å²) >= 11 is 0. The Balaban J connectivity index is 2.03. The van der Waals surface area contributed by atoms with Crippen LogP contribution in [0.2, 0.25) is 0 Å². The number of fused-ring (bicyclic) bond motifs is 1. The van der Waals surface area contributed by atoms with E-state index in [4.69, 9.17) is 0 Å². The number of anilines is 1. The van der Waals surface area contributed by atoms with Crippen LogP contribution in [0, 0.1) is 11.6 Å². The molecule has 0 bridgehead atoms. The Hall–Kier alpha value is -1.75. The number of benzene rings is 1. The number of nitrogens with zero attached hydrogens (tertiary/aromatic N) is 1. The molecule has 1 aliphatic carbocycles. The van der Waals surface area contributed by atoms with Crippen molar-refractivity contribution in [2.24, 2.45) is 0 Å². The predicted octanol–water partition coefficient (Wildman–Crippen LogP) is 2.84. The Labute approximate surface area is 109 Å². The number of aliphatic hydroxyl groups excluding tert-OH is 1. The van der Waals surface area contributed by atoms with Crippen molar-refractivity contribution in [1.82, 2.24) is 4.98 Å². The molecule has 2 atom stereocenters. The summed E-state index contributed by atoms with van der Waals surface area (Å²) in [6, 6.07) is 3.68. The molecule has 3 nitrogen and oxygen atoms in total. The van der Waals surface area contributed by atoms with E-state index < -0.39 is 17.7 Å². The maximum atomic E-state index is 13.6. The number of aromatic nitrogens is 1. The lowest BCUT2D eigenvalue weighted by Crippen LogP contribution is -2.28. The molecule has 1 aromatic carbocycles. The lowest BCUT2D eigenvalue weighted by atomic mass is 10.1. The summed E-state index contributed by atoms with van der Waals surface area (Å²) in [6.07, 6.45) is 3.62. The maximum Gasteiger partial charge on any atom is 0.152 e. The van der Waals surface area contributed by atoms with Gasteiger partial charge in [-0.3, -0.25) is 4.98 Å². The number of halogens is 2. The summed E-state index contributed by atoms with van der Waals surface area (Å²) < 4.78 is 27.0. The molecule has 3 rings (SSSR count). The highest BCUT2D eigenvalue weighted by atomic mass is 19.1. The van der Waals surface area contributed by atoms with E-state index in [2.05, 4.69) is 10.3 Å². The zero-order chi connectivity index (χ0) is 13.4. The van der Waals surface area contributed by atoms with Crippen molar-refractivity contribution < 1.29 is 13.9 Å². The summed E-state index contributed by atoms with van der Waals surface area (Å²) in [5.41, 5.74) is 0.744. The highest BCUT2D eigenvalue weighted by Crippen LogP contribution is 2.28. The first-order valence-electron chi connectivity index (χ1n) is 6.33. The smallest absolute Gasteiger partial charge is 0.152 e. The quantitative estimate of drug-likeness (QED) is 0.876. The Morgan fingerprint density at radius 2 is 2.11 bits per heavy atom. The molecule has 0 radical (unpaired) electrons. The van der Waals surface area contributed by atoms with Gasteiger partial charge in [-0.1, -0.05) is 0 Å². The lowest BCUT2D eigenvalue weighted by molar-refractivity contribution is 0.172. The van der Waals surface area contributed by atoms with E-state index in [0.29, 0.717) is 11.1 Å². The summed E-state index contributed by atoms with van der Waals surface area (Å²) in [4.78, 5) is 3.93. The first kappa shape index (κ1) is 12.3. The topological polar surface area (TPSA) is 45.1 Å². The third-order valence-corrected chi connectivity index (χ3v) is 3.58. The van der Waals surface area contributed by atoms with Crippen molar-refractivity contribution in [2.75, 3.05) is 5.32 Å². The molecule has 2 aromatic rings. The minimum atomic E-state index is -0.675. The van der Waals surface area contributed by atoms with Crippen LogP contribution in [0.25, 0.3) is 10.9 Å². The van der Waals surface area contributed by atoms with Crippen molar-refractivity contribution in [2.45, 2.75) is 31.4 Å². The molecule has 0 spiro atoms.